The maximum atomic E-state index is 5.75. The third-order valence-corrected chi connectivity index (χ3v) is 2.50. The first kappa shape index (κ1) is 10.5. The first-order chi connectivity index (χ1) is 7.11. The normalized spacial score (nSPS) is 24.1. The Kier molecular flexibility index (Phi) is 2.67. The predicted octanol–water partition coefficient (Wildman–Crippen LogP) is 2.52. The maximum absolute atomic E-state index is 5.75. The molecule has 0 radical (unpaired) electrons. The van der Waals surface area contributed by atoms with Crippen LogP contribution < -0.4 is 4.74 Å². The molecule has 1 aromatic carbocycles. The van der Waals surface area contributed by atoms with E-state index in [0.717, 1.165) is 11.3 Å². The molecular weight excluding hydrogens is 192 g/mol. The quantitative estimate of drug-likeness (QED) is 0.747. The van der Waals surface area contributed by atoms with Crippen molar-refractivity contribution in [2.45, 2.75) is 25.7 Å². The Labute approximate surface area is 90.0 Å². The highest BCUT2D eigenvalue weighted by molar-refractivity contribution is 5.28. The van der Waals surface area contributed by atoms with Crippen molar-refractivity contribution in [2.75, 3.05) is 13.7 Å². The van der Waals surface area contributed by atoms with E-state index in [2.05, 4.69) is 0 Å². The number of rotatable bonds is 2. The molecule has 0 amide bonds. The average molecular weight is 208 g/mol. The van der Waals surface area contributed by atoms with Crippen molar-refractivity contribution in [3.63, 3.8) is 0 Å². The van der Waals surface area contributed by atoms with Gasteiger partial charge in [-0.15, -0.1) is 0 Å². The minimum atomic E-state index is -0.468. The summed E-state index contributed by atoms with van der Waals surface area (Å²) in [4.78, 5) is 0. The molecule has 0 spiro atoms. The maximum Gasteiger partial charge on any atom is 0.163 e. The second-order valence-corrected chi connectivity index (χ2v) is 4.09. The van der Waals surface area contributed by atoms with Gasteiger partial charge >= 0.3 is 0 Å². The lowest BCUT2D eigenvalue weighted by molar-refractivity contribution is -0.139. The zero-order chi connectivity index (χ0) is 10.9. The first-order valence-electron chi connectivity index (χ1n) is 5.06. The summed E-state index contributed by atoms with van der Waals surface area (Å²) < 4.78 is 16.4. The molecule has 0 aliphatic carbocycles. The summed E-state index contributed by atoms with van der Waals surface area (Å²) in [5.74, 6) is 0.391. The van der Waals surface area contributed by atoms with Crippen LogP contribution in [0.15, 0.2) is 24.3 Å². The van der Waals surface area contributed by atoms with Crippen molar-refractivity contribution in [2.24, 2.45) is 0 Å². The Bertz CT molecular complexity index is 329. The van der Waals surface area contributed by atoms with Crippen molar-refractivity contribution < 1.29 is 14.2 Å². The molecule has 1 aliphatic rings. The Morgan fingerprint density at radius 1 is 1.27 bits per heavy atom. The summed E-state index contributed by atoms with van der Waals surface area (Å²) in [5.41, 5.74) is 1.13. The minimum Gasteiger partial charge on any atom is -0.497 e. The predicted molar refractivity (Wildman–Crippen MR) is 56.9 cm³/mol. The summed E-state index contributed by atoms with van der Waals surface area (Å²) in [6, 6.07) is 7.89. The van der Waals surface area contributed by atoms with Crippen LogP contribution in [-0.4, -0.2) is 19.5 Å². The van der Waals surface area contributed by atoms with E-state index in [1.165, 1.54) is 0 Å². The molecule has 3 nitrogen and oxygen atoms in total. The van der Waals surface area contributed by atoms with Gasteiger partial charge in [-0.3, -0.25) is 0 Å². The molecule has 3 heteroatoms. The second-order valence-electron chi connectivity index (χ2n) is 4.09. The average Bonchev–Trinajstić information content (AvgIpc) is 2.59. The Morgan fingerprint density at radius 2 is 1.93 bits per heavy atom. The van der Waals surface area contributed by atoms with Crippen molar-refractivity contribution in [3.8, 4) is 5.75 Å². The SMILES string of the molecule is COc1ccc(C2COC(C)(C)O2)cc1. The van der Waals surface area contributed by atoms with Crippen LogP contribution in [0.2, 0.25) is 0 Å². The van der Waals surface area contributed by atoms with E-state index in [1.807, 2.05) is 38.1 Å². The summed E-state index contributed by atoms with van der Waals surface area (Å²) in [7, 11) is 1.66. The summed E-state index contributed by atoms with van der Waals surface area (Å²) in [5, 5.41) is 0. The molecule has 1 heterocycles. The molecule has 0 saturated carbocycles. The first-order valence-corrected chi connectivity index (χ1v) is 5.06. The van der Waals surface area contributed by atoms with Crippen LogP contribution in [0.1, 0.15) is 25.5 Å². The van der Waals surface area contributed by atoms with E-state index in [9.17, 15) is 0 Å². The van der Waals surface area contributed by atoms with Gasteiger partial charge in [-0.05, 0) is 31.5 Å². The fourth-order valence-corrected chi connectivity index (χ4v) is 1.67. The van der Waals surface area contributed by atoms with Gasteiger partial charge in [-0.1, -0.05) is 12.1 Å². The smallest absolute Gasteiger partial charge is 0.163 e. The van der Waals surface area contributed by atoms with Crippen molar-refractivity contribution in [1.82, 2.24) is 0 Å². The Hall–Kier alpha value is -1.06. The van der Waals surface area contributed by atoms with Gasteiger partial charge in [0.05, 0.1) is 13.7 Å². The lowest BCUT2D eigenvalue weighted by atomic mass is 10.1. The number of benzene rings is 1. The fraction of sp³-hybridized carbons (Fsp3) is 0.500. The lowest BCUT2D eigenvalue weighted by Crippen LogP contribution is -2.19. The third kappa shape index (κ3) is 2.30. The summed E-state index contributed by atoms with van der Waals surface area (Å²) in [6.07, 6.45) is 0.0332. The standard InChI is InChI=1S/C12H16O3/c1-12(2)14-8-11(15-12)9-4-6-10(13-3)7-5-9/h4-7,11H,8H2,1-3H3. The van der Waals surface area contributed by atoms with Crippen LogP contribution in [0.5, 0.6) is 5.75 Å². The van der Waals surface area contributed by atoms with E-state index in [4.69, 9.17) is 14.2 Å². The Balaban J connectivity index is 2.11. The van der Waals surface area contributed by atoms with Gasteiger partial charge in [-0.2, -0.15) is 0 Å². The topological polar surface area (TPSA) is 27.7 Å². The van der Waals surface area contributed by atoms with Gasteiger partial charge in [0.15, 0.2) is 5.79 Å². The monoisotopic (exact) mass is 208 g/mol. The van der Waals surface area contributed by atoms with Crippen LogP contribution in [0.3, 0.4) is 0 Å². The fourth-order valence-electron chi connectivity index (χ4n) is 1.67. The van der Waals surface area contributed by atoms with Crippen LogP contribution >= 0.6 is 0 Å². The number of methoxy groups -OCH3 is 1. The summed E-state index contributed by atoms with van der Waals surface area (Å²) >= 11 is 0. The van der Waals surface area contributed by atoms with E-state index < -0.39 is 5.79 Å². The van der Waals surface area contributed by atoms with E-state index in [0.29, 0.717) is 6.61 Å². The van der Waals surface area contributed by atoms with Gasteiger partial charge in [0.2, 0.25) is 0 Å². The highest BCUT2D eigenvalue weighted by atomic mass is 16.7. The van der Waals surface area contributed by atoms with Crippen molar-refractivity contribution in [1.29, 1.82) is 0 Å². The lowest BCUT2D eigenvalue weighted by Gasteiger charge is -2.17. The summed E-state index contributed by atoms with van der Waals surface area (Å²) in [6.45, 7) is 4.46. The van der Waals surface area contributed by atoms with E-state index in [1.54, 1.807) is 7.11 Å². The highest BCUT2D eigenvalue weighted by Crippen LogP contribution is 2.33. The van der Waals surface area contributed by atoms with Crippen molar-refractivity contribution >= 4 is 0 Å². The zero-order valence-electron chi connectivity index (χ0n) is 9.32. The van der Waals surface area contributed by atoms with Gasteiger partial charge < -0.3 is 14.2 Å². The molecule has 2 rings (SSSR count). The van der Waals surface area contributed by atoms with Crippen LogP contribution in [0.4, 0.5) is 0 Å². The largest absolute Gasteiger partial charge is 0.497 e. The molecule has 1 aliphatic heterocycles. The molecule has 82 valence electrons. The molecule has 1 unspecified atom stereocenters. The van der Waals surface area contributed by atoms with Crippen LogP contribution in [0.25, 0.3) is 0 Å². The number of hydrogen-bond acceptors (Lipinski definition) is 3. The molecular formula is C12H16O3. The molecule has 1 atom stereocenters. The Morgan fingerprint density at radius 3 is 2.40 bits per heavy atom. The van der Waals surface area contributed by atoms with E-state index in [-0.39, 0.29) is 6.10 Å². The molecule has 1 aromatic rings. The molecule has 1 saturated heterocycles. The third-order valence-electron chi connectivity index (χ3n) is 2.50. The zero-order valence-corrected chi connectivity index (χ0v) is 9.32. The molecule has 0 N–H and O–H groups in total. The minimum absolute atomic E-state index is 0.0332. The van der Waals surface area contributed by atoms with Gasteiger partial charge in [-0.25, -0.2) is 0 Å². The van der Waals surface area contributed by atoms with Gasteiger partial charge in [0.25, 0.3) is 0 Å². The molecule has 0 bridgehead atoms. The van der Waals surface area contributed by atoms with Crippen LogP contribution in [0, 0.1) is 0 Å². The van der Waals surface area contributed by atoms with Gasteiger partial charge in [0, 0.05) is 0 Å². The molecule has 15 heavy (non-hydrogen) atoms. The highest BCUT2D eigenvalue weighted by Gasteiger charge is 2.33. The molecule has 0 aromatic heterocycles. The number of ether oxygens (including phenoxy) is 3. The second kappa shape index (κ2) is 3.83. The number of hydrogen-bond donors (Lipinski definition) is 0. The van der Waals surface area contributed by atoms with E-state index >= 15 is 0 Å². The van der Waals surface area contributed by atoms with Crippen molar-refractivity contribution in [3.05, 3.63) is 29.8 Å². The molecule has 1 fully saturated rings. The van der Waals surface area contributed by atoms with Crippen LogP contribution in [-0.2, 0) is 9.47 Å². The van der Waals surface area contributed by atoms with Gasteiger partial charge in [0.1, 0.15) is 11.9 Å².